The van der Waals surface area contributed by atoms with Crippen LogP contribution >= 0.6 is 0 Å². The Hall–Kier alpha value is -2.30. The van der Waals surface area contributed by atoms with Gasteiger partial charge in [0.1, 0.15) is 5.75 Å². The molecule has 1 heterocycles. The molecule has 1 aromatic heterocycles. The average Bonchev–Trinajstić information content (AvgIpc) is 2.80. The molecule has 0 saturated heterocycles. The largest absolute Gasteiger partial charge is 0.494 e. The van der Waals surface area contributed by atoms with Crippen molar-refractivity contribution in [1.29, 1.82) is 0 Å². The summed E-state index contributed by atoms with van der Waals surface area (Å²) in [5.41, 5.74) is 1.01. The highest BCUT2D eigenvalue weighted by Gasteiger charge is 2.19. The predicted molar refractivity (Wildman–Crippen MR) is 70.8 cm³/mol. The molecule has 0 spiro atoms. The lowest BCUT2D eigenvalue weighted by Crippen LogP contribution is -2.09. The Morgan fingerprint density at radius 3 is 2.58 bits per heavy atom. The maximum atomic E-state index is 12.4. The molecule has 2 rings (SSSR count). The van der Waals surface area contributed by atoms with Gasteiger partial charge in [0.05, 0.1) is 19.9 Å². The SMILES string of the molecule is CCOc1ccc(C(=O)c2c(OC)cnn2C)cc1. The number of hydrogen-bond donors (Lipinski definition) is 0. The molecule has 0 unspecified atom stereocenters. The van der Waals surface area contributed by atoms with Crippen LogP contribution in [0.1, 0.15) is 23.0 Å². The number of carbonyl (C=O) groups is 1. The molecule has 0 aliphatic carbocycles. The topological polar surface area (TPSA) is 53.4 Å². The van der Waals surface area contributed by atoms with Crippen molar-refractivity contribution in [3.8, 4) is 11.5 Å². The van der Waals surface area contributed by atoms with Crippen LogP contribution in [0.2, 0.25) is 0 Å². The van der Waals surface area contributed by atoms with Gasteiger partial charge in [-0.05, 0) is 31.2 Å². The van der Waals surface area contributed by atoms with Crippen LogP contribution < -0.4 is 9.47 Å². The van der Waals surface area contributed by atoms with Crippen LogP contribution in [0.25, 0.3) is 0 Å². The number of aryl methyl sites for hydroxylation is 1. The standard InChI is InChI=1S/C14H16N2O3/c1-4-19-11-7-5-10(6-8-11)14(17)13-12(18-3)9-15-16(13)2/h5-9H,4H2,1-3H3. The van der Waals surface area contributed by atoms with Crippen LogP contribution in [0.15, 0.2) is 30.5 Å². The Morgan fingerprint density at radius 2 is 2.00 bits per heavy atom. The highest BCUT2D eigenvalue weighted by molar-refractivity contribution is 6.09. The van der Waals surface area contributed by atoms with Crippen molar-refractivity contribution in [2.45, 2.75) is 6.92 Å². The number of carbonyl (C=O) groups excluding carboxylic acids is 1. The van der Waals surface area contributed by atoms with E-state index in [0.717, 1.165) is 5.75 Å². The molecule has 0 N–H and O–H groups in total. The summed E-state index contributed by atoms with van der Waals surface area (Å²) in [7, 11) is 3.23. The van der Waals surface area contributed by atoms with Gasteiger partial charge in [-0.3, -0.25) is 9.48 Å². The number of nitrogens with zero attached hydrogens (tertiary/aromatic N) is 2. The molecule has 0 saturated carbocycles. The van der Waals surface area contributed by atoms with Crippen LogP contribution in [0.4, 0.5) is 0 Å². The summed E-state index contributed by atoms with van der Waals surface area (Å²) < 4.78 is 12.0. The van der Waals surface area contributed by atoms with Gasteiger partial charge in [-0.15, -0.1) is 0 Å². The zero-order chi connectivity index (χ0) is 13.8. The van der Waals surface area contributed by atoms with Crippen LogP contribution in [0.3, 0.4) is 0 Å². The number of hydrogen-bond acceptors (Lipinski definition) is 4. The molecule has 0 aliphatic rings. The van der Waals surface area contributed by atoms with Gasteiger partial charge < -0.3 is 9.47 Å². The Morgan fingerprint density at radius 1 is 1.32 bits per heavy atom. The summed E-state index contributed by atoms with van der Waals surface area (Å²) in [4.78, 5) is 12.4. The van der Waals surface area contributed by atoms with Crippen molar-refractivity contribution in [3.05, 3.63) is 41.7 Å². The molecule has 19 heavy (non-hydrogen) atoms. The molecule has 0 radical (unpaired) electrons. The zero-order valence-electron chi connectivity index (χ0n) is 11.2. The monoisotopic (exact) mass is 260 g/mol. The first-order chi connectivity index (χ1) is 9.17. The van der Waals surface area contributed by atoms with Crippen molar-refractivity contribution in [2.75, 3.05) is 13.7 Å². The quantitative estimate of drug-likeness (QED) is 0.772. The molecule has 5 heteroatoms. The van der Waals surface area contributed by atoms with Crippen molar-refractivity contribution in [3.63, 3.8) is 0 Å². The number of aromatic nitrogens is 2. The lowest BCUT2D eigenvalue weighted by Gasteiger charge is -2.06. The van der Waals surface area contributed by atoms with Gasteiger partial charge in [0, 0.05) is 12.6 Å². The number of ether oxygens (including phenoxy) is 2. The number of ketones is 1. The third-order valence-electron chi connectivity index (χ3n) is 2.77. The Balaban J connectivity index is 2.30. The van der Waals surface area contributed by atoms with Gasteiger partial charge in [0.25, 0.3) is 0 Å². The molecule has 2 aromatic rings. The number of benzene rings is 1. The first-order valence-corrected chi connectivity index (χ1v) is 6.01. The molecule has 0 fully saturated rings. The molecule has 0 aliphatic heterocycles. The second-order valence-electron chi connectivity index (χ2n) is 3.97. The minimum atomic E-state index is -0.125. The first-order valence-electron chi connectivity index (χ1n) is 6.01. The van der Waals surface area contributed by atoms with Gasteiger partial charge in [-0.25, -0.2) is 0 Å². The summed E-state index contributed by atoms with van der Waals surface area (Å²) in [6, 6.07) is 7.03. The second kappa shape index (κ2) is 5.56. The van der Waals surface area contributed by atoms with Crippen LogP contribution in [0, 0.1) is 0 Å². The normalized spacial score (nSPS) is 10.3. The third kappa shape index (κ3) is 2.59. The van der Waals surface area contributed by atoms with E-state index in [1.54, 1.807) is 31.3 Å². The maximum Gasteiger partial charge on any atom is 0.214 e. The van der Waals surface area contributed by atoms with Crippen molar-refractivity contribution >= 4 is 5.78 Å². The summed E-state index contributed by atoms with van der Waals surface area (Å²) in [5, 5.41) is 4.03. The van der Waals surface area contributed by atoms with E-state index in [1.807, 2.05) is 6.92 Å². The summed E-state index contributed by atoms with van der Waals surface area (Å²) in [5.74, 6) is 1.09. The smallest absolute Gasteiger partial charge is 0.214 e. The fourth-order valence-electron chi connectivity index (χ4n) is 1.83. The molecule has 0 amide bonds. The summed E-state index contributed by atoms with van der Waals surface area (Å²) in [6.45, 7) is 2.52. The van der Waals surface area contributed by atoms with Crippen molar-refractivity contribution in [2.24, 2.45) is 7.05 Å². The van der Waals surface area contributed by atoms with Gasteiger partial charge in [-0.1, -0.05) is 0 Å². The number of rotatable bonds is 5. The second-order valence-corrected chi connectivity index (χ2v) is 3.97. The minimum absolute atomic E-state index is 0.125. The Kier molecular flexibility index (Phi) is 3.85. The molecular formula is C14H16N2O3. The van der Waals surface area contributed by atoms with Crippen LogP contribution in [-0.4, -0.2) is 29.3 Å². The van der Waals surface area contributed by atoms with E-state index in [2.05, 4.69) is 5.10 Å². The van der Waals surface area contributed by atoms with Gasteiger partial charge in [0.2, 0.25) is 5.78 Å². The van der Waals surface area contributed by atoms with Crippen LogP contribution in [-0.2, 0) is 7.05 Å². The van der Waals surface area contributed by atoms with Gasteiger partial charge in [0.15, 0.2) is 11.4 Å². The number of methoxy groups -OCH3 is 1. The van der Waals surface area contributed by atoms with Crippen molar-refractivity contribution in [1.82, 2.24) is 9.78 Å². The van der Waals surface area contributed by atoms with E-state index < -0.39 is 0 Å². The summed E-state index contributed by atoms with van der Waals surface area (Å²) >= 11 is 0. The maximum absolute atomic E-state index is 12.4. The first kappa shape index (κ1) is 13.1. The summed E-state index contributed by atoms with van der Waals surface area (Å²) in [6.07, 6.45) is 1.53. The van der Waals surface area contributed by atoms with E-state index in [9.17, 15) is 4.79 Å². The highest BCUT2D eigenvalue weighted by Crippen LogP contribution is 2.21. The van der Waals surface area contributed by atoms with E-state index in [-0.39, 0.29) is 5.78 Å². The fraction of sp³-hybridized carbons (Fsp3) is 0.286. The lowest BCUT2D eigenvalue weighted by molar-refractivity contribution is 0.102. The fourth-order valence-corrected chi connectivity index (χ4v) is 1.83. The highest BCUT2D eigenvalue weighted by atomic mass is 16.5. The van der Waals surface area contributed by atoms with E-state index in [4.69, 9.17) is 9.47 Å². The van der Waals surface area contributed by atoms with Gasteiger partial charge in [-0.2, -0.15) is 5.10 Å². The Labute approximate surface area is 111 Å². The molecule has 5 nitrogen and oxygen atoms in total. The molecule has 1 aromatic carbocycles. The predicted octanol–water partition coefficient (Wildman–Crippen LogP) is 2.06. The lowest BCUT2D eigenvalue weighted by atomic mass is 10.1. The Bertz CT molecular complexity index is 573. The van der Waals surface area contributed by atoms with E-state index >= 15 is 0 Å². The molecule has 0 bridgehead atoms. The average molecular weight is 260 g/mol. The van der Waals surface area contributed by atoms with E-state index in [0.29, 0.717) is 23.6 Å². The third-order valence-corrected chi connectivity index (χ3v) is 2.77. The van der Waals surface area contributed by atoms with Gasteiger partial charge >= 0.3 is 0 Å². The zero-order valence-corrected chi connectivity index (χ0v) is 11.2. The van der Waals surface area contributed by atoms with E-state index in [1.165, 1.54) is 18.0 Å². The molecule has 100 valence electrons. The molecular weight excluding hydrogens is 244 g/mol. The van der Waals surface area contributed by atoms with Crippen molar-refractivity contribution < 1.29 is 14.3 Å². The van der Waals surface area contributed by atoms with Crippen LogP contribution in [0.5, 0.6) is 11.5 Å². The minimum Gasteiger partial charge on any atom is -0.494 e. The molecule has 0 atom stereocenters.